The van der Waals surface area contributed by atoms with Crippen molar-refractivity contribution in [3.63, 3.8) is 0 Å². The van der Waals surface area contributed by atoms with E-state index in [0.29, 0.717) is 18.1 Å². The van der Waals surface area contributed by atoms with Gasteiger partial charge in [0.15, 0.2) is 5.79 Å². The molecule has 0 bridgehead atoms. The molecule has 0 aliphatic carbocycles. The maximum Gasteiger partial charge on any atom is 0.308 e. The standard InChI is InChI=1S/C28H38FN3O4/c1-17(2)24-22(25(32-26(30-8)31-24)18-9-11-19(29)12-10-18)14-13-20-15-21(35-28(6,7)34-20)16-23(33)36-27(3,4)5/h9-14,17,20-21H,15-16H2,1-8H3,(H,30,31,32)/b14-13+/t20-,21-/m1/s1. The molecule has 0 saturated carbocycles. The predicted molar refractivity (Wildman–Crippen MR) is 139 cm³/mol. The highest BCUT2D eigenvalue weighted by Crippen LogP contribution is 2.33. The average molecular weight is 500 g/mol. The minimum atomic E-state index is -0.868. The Labute approximate surface area is 213 Å². The van der Waals surface area contributed by atoms with Gasteiger partial charge in [-0.05, 0) is 64.8 Å². The average Bonchev–Trinajstić information content (AvgIpc) is 2.75. The minimum absolute atomic E-state index is 0.117. The lowest BCUT2D eigenvalue weighted by atomic mass is 9.97. The van der Waals surface area contributed by atoms with Crippen molar-refractivity contribution in [1.29, 1.82) is 0 Å². The summed E-state index contributed by atoms with van der Waals surface area (Å²) in [4.78, 5) is 21.8. The number of rotatable bonds is 7. The SMILES string of the molecule is CNc1nc(-c2ccc(F)cc2)c(/C=C/[C@@H]2C[C@H](CC(=O)OC(C)(C)C)OC(C)(C)O2)c(C(C)C)n1. The molecule has 2 heterocycles. The van der Waals surface area contributed by atoms with E-state index in [-0.39, 0.29) is 36.3 Å². The second kappa shape index (κ2) is 11.0. The molecule has 3 rings (SSSR count). The van der Waals surface area contributed by atoms with E-state index < -0.39 is 11.4 Å². The Morgan fingerprint density at radius 3 is 2.47 bits per heavy atom. The Balaban J connectivity index is 1.94. The zero-order valence-corrected chi connectivity index (χ0v) is 22.5. The number of esters is 1. The van der Waals surface area contributed by atoms with Crippen LogP contribution in [0.3, 0.4) is 0 Å². The number of hydrogen-bond acceptors (Lipinski definition) is 7. The van der Waals surface area contributed by atoms with Gasteiger partial charge in [-0.2, -0.15) is 0 Å². The molecule has 1 aliphatic heterocycles. The van der Waals surface area contributed by atoms with E-state index in [2.05, 4.69) is 19.2 Å². The number of halogens is 1. The third-order valence-electron chi connectivity index (χ3n) is 5.54. The van der Waals surface area contributed by atoms with Crippen LogP contribution < -0.4 is 5.32 Å². The van der Waals surface area contributed by atoms with E-state index in [1.54, 1.807) is 19.2 Å². The van der Waals surface area contributed by atoms with Gasteiger partial charge in [0, 0.05) is 24.6 Å². The van der Waals surface area contributed by atoms with Crippen LogP contribution in [0.1, 0.15) is 78.5 Å². The highest BCUT2D eigenvalue weighted by molar-refractivity contribution is 5.75. The largest absolute Gasteiger partial charge is 0.460 e. The number of carbonyl (C=O) groups is 1. The number of ether oxygens (including phenoxy) is 3. The zero-order valence-electron chi connectivity index (χ0n) is 22.5. The van der Waals surface area contributed by atoms with Gasteiger partial charge >= 0.3 is 5.97 Å². The van der Waals surface area contributed by atoms with Gasteiger partial charge in [-0.1, -0.05) is 26.0 Å². The Morgan fingerprint density at radius 2 is 1.89 bits per heavy atom. The predicted octanol–water partition coefficient (Wildman–Crippen LogP) is 6.10. The monoisotopic (exact) mass is 499 g/mol. The third-order valence-corrected chi connectivity index (χ3v) is 5.54. The van der Waals surface area contributed by atoms with Crippen molar-refractivity contribution < 1.29 is 23.4 Å². The highest BCUT2D eigenvalue weighted by atomic mass is 19.1. The Bertz CT molecular complexity index is 1090. The summed E-state index contributed by atoms with van der Waals surface area (Å²) < 4.78 is 31.3. The molecule has 8 heteroatoms. The summed E-state index contributed by atoms with van der Waals surface area (Å²) in [7, 11) is 1.77. The molecule has 0 amide bonds. The maximum atomic E-state index is 13.6. The van der Waals surface area contributed by atoms with E-state index in [4.69, 9.17) is 24.2 Å². The summed E-state index contributed by atoms with van der Waals surface area (Å²) in [5.74, 6) is -0.865. The van der Waals surface area contributed by atoms with Crippen molar-refractivity contribution in [1.82, 2.24) is 9.97 Å². The molecule has 0 spiro atoms. The normalized spacial score (nSPS) is 20.1. The van der Waals surface area contributed by atoms with Crippen molar-refractivity contribution in [3.05, 3.63) is 47.4 Å². The van der Waals surface area contributed by atoms with E-state index in [9.17, 15) is 9.18 Å². The fourth-order valence-corrected chi connectivity index (χ4v) is 4.20. The first-order chi connectivity index (χ1) is 16.8. The first-order valence-corrected chi connectivity index (χ1v) is 12.4. The molecule has 1 saturated heterocycles. The van der Waals surface area contributed by atoms with Crippen LogP contribution in [0.15, 0.2) is 30.3 Å². The molecule has 196 valence electrons. The van der Waals surface area contributed by atoms with Crippen molar-refractivity contribution in [2.24, 2.45) is 0 Å². The van der Waals surface area contributed by atoms with Crippen LogP contribution in [-0.4, -0.2) is 46.6 Å². The second-order valence-electron chi connectivity index (χ2n) is 10.8. The van der Waals surface area contributed by atoms with Gasteiger partial charge in [-0.3, -0.25) is 4.79 Å². The van der Waals surface area contributed by atoms with Gasteiger partial charge in [0.1, 0.15) is 11.4 Å². The summed E-state index contributed by atoms with van der Waals surface area (Å²) in [6.45, 7) is 13.3. The summed E-state index contributed by atoms with van der Waals surface area (Å²) in [5, 5.41) is 3.02. The molecule has 0 unspecified atom stereocenters. The smallest absolute Gasteiger partial charge is 0.308 e. The summed E-state index contributed by atoms with van der Waals surface area (Å²) in [6, 6.07) is 6.27. The first kappa shape index (κ1) is 27.7. The van der Waals surface area contributed by atoms with Crippen LogP contribution >= 0.6 is 0 Å². The highest BCUT2D eigenvalue weighted by Gasteiger charge is 2.36. The maximum absolute atomic E-state index is 13.6. The van der Waals surface area contributed by atoms with Gasteiger partial charge in [0.05, 0.1) is 30.0 Å². The molecular formula is C28H38FN3O4. The Hall–Kier alpha value is -2.84. The quantitative estimate of drug-likeness (QED) is 0.461. The molecule has 1 aromatic heterocycles. The molecule has 1 aliphatic rings. The molecule has 7 nitrogen and oxygen atoms in total. The molecule has 0 radical (unpaired) electrons. The number of hydrogen-bond donors (Lipinski definition) is 1. The van der Waals surface area contributed by atoms with Gasteiger partial charge in [0.2, 0.25) is 5.95 Å². The first-order valence-electron chi connectivity index (χ1n) is 12.4. The van der Waals surface area contributed by atoms with Crippen molar-refractivity contribution in [3.8, 4) is 11.3 Å². The Kier molecular flexibility index (Phi) is 8.52. The van der Waals surface area contributed by atoms with Gasteiger partial charge in [-0.25, -0.2) is 14.4 Å². The summed E-state index contributed by atoms with van der Waals surface area (Å²) in [6.07, 6.45) is 3.92. The third kappa shape index (κ3) is 7.58. The van der Waals surface area contributed by atoms with E-state index in [1.807, 2.05) is 46.8 Å². The number of aromatic nitrogens is 2. The number of anilines is 1. The molecule has 1 fully saturated rings. The lowest BCUT2D eigenvalue weighted by Gasteiger charge is -2.39. The van der Waals surface area contributed by atoms with E-state index in [0.717, 1.165) is 16.8 Å². The van der Waals surface area contributed by atoms with E-state index >= 15 is 0 Å². The van der Waals surface area contributed by atoms with Crippen molar-refractivity contribution >= 4 is 18.0 Å². The number of nitrogens with one attached hydrogen (secondary N) is 1. The fourth-order valence-electron chi connectivity index (χ4n) is 4.20. The molecule has 2 atom stereocenters. The number of benzene rings is 1. The van der Waals surface area contributed by atoms with Gasteiger partial charge < -0.3 is 19.5 Å². The van der Waals surface area contributed by atoms with Crippen LogP contribution in [-0.2, 0) is 19.0 Å². The lowest BCUT2D eigenvalue weighted by molar-refractivity contribution is -0.290. The van der Waals surface area contributed by atoms with Crippen LogP contribution in [0.2, 0.25) is 0 Å². The molecule has 1 aromatic carbocycles. The van der Waals surface area contributed by atoms with Crippen LogP contribution in [0.25, 0.3) is 17.3 Å². The molecular weight excluding hydrogens is 461 g/mol. The minimum Gasteiger partial charge on any atom is -0.460 e. The molecule has 2 aromatic rings. The van der Waals surface area contributed by atoms with Crippen molar-refractivity contribution in [2.75, 3.05) is 12.4 Å². The van der Waals surface area contributed by atoms with Crippen LogP contribution in [0, 0.1) is 5.82 Å². The van der Waals surface area contributed by atoms with Crippen molar-refractivity contribution in [2.45, 2.75) is 90.8 Å². The van der Waals surface area contributed by atoms with Crippen LogP contribution in [0.5, 0.6) is 0 Å². The summed E-state index contributed by atoms with van der Waals surface area (Å²) in [5.41, 5.74) is 2.63. The lowest BCUT2D eigenvalue weighted by Crippen LogP contribution is -2.45. The Morgan fingerprint density at radius 1 is 1.22 bits per heavy atom. The zero-order chi connectivity index (χ0) is 26.7. The van der Waals surface area contributed by atoms with E-state index in [1.165, 1.54) is 12.1 Å². The fraction of sp³-hybridized carbons (Fsp3) is 0.536. The molecule has 1 N–H and O–H groups in total. The summed E-state index contributed by atoms with van der Waals surface area (Å²) >= 11 is 0. The van der Waals surface area contributed by atoms with Crippen LogP contribution in [0.4, 0.5) is 10.3 Å². The van der Waals surface area contributed by atoms with Gasteiger partial charge in [-0.15, -0.1) is 0 Å². The van der Waals surface area contributed by atoms with Gasteiger partial charge in [0.25, 0.3) is 0 Å². The topological polar surface area (TPSA) is 82.6 Å². The number of carbonyl (C=O) groups excluding carboxylic acids is 1. The molecule has 36 heavy (non-hydrogen) atoms. The second-order valence-corrected chi connectivity index (χ2v) is 10.8. The number of nitrogens with zero attached hydrogens (tertiary/aromatic N) is 2.